The molecule has 2 fully saturated rings. The smallest absolute Gasteiger partial charge is 0.288 e. The zero-order valence-electron chi connectivity index (χ0n) is 11.4. The summed E-state index contributed by atoms with van der Waals surface area (Å²) in [4.78, 5) is 30.5. The molecule has 1 saturated heterocycles. The molecule has 0 N–H and O–H groups in total. The van der Waals surface area contributed by atoms with Gasteiger partial charge < -0.3 is 4.90 Å². The number of amides is 1. The lowest BCUT2D eigenvalue weighted by Gasteiger charge is -2.34. The molecule has 0 spiro atoms. The number of carbonyl (C=O) groups excluding carboxylic acids is 1. The van der Waals surface area contributed by atoms with Crippen LogP contribution in [0.15, 0.2) is 12.3 Å². The molecule has 1 aromatic heterocycles. The molecule has 0 radical (unpaired) electrons. The SMILES string of the molecule is O=C(c1cc([N+](=O)[O-])cnc1Cl)N1CCN(C2CC2)CC1. The van der Waals surface area contributed by atoms with E-state index in [1.807, 2.05) is 0 Å². The third kappa shape index (κ3) is 2.98. The predicted octanol–water partition coefficient (Wildman–Crippen LogP) is 1.56. The van der Waals surface area contributed by atoms with Gasteiger partial charge in [0.15, 0.2) is 0 Å². The minimum atomic E-state index is -0.578. The Morgan fingerprint density at radius 2 is 2.00 bits per heavy atom. The number of rotatable bonds is 3. The van der Waals surface area contributed by atoms with Gasteiger partial charge in [-0.05, 0) is 12.8 Å². The van der Waals surface area contributed by atoms with Gasteiger partial charge in [0.2, 0.25) is 0 Å². The van der Waals surface area contributed by atoms with Crippen molar-refractivity contribution in [3.63, 3.8) is 0 Å². The molecule has 0 unspecified atom stereocenters. The molecule has 2 heterocycles. The molecule has 21 heavy (non-hydrogen) atoms. The van der Waals surface area contributed by atoms with Gasteiger partial charge in [0, 0.05) is 38.3 Å². The van der Waals surface area contributed by atoms with Crippen LogP contribution in [0.4, 0.5) is 5.69 Å². The fraction of sp³-hybridized carbons (Fsp3) is 0.538. The molecule has 0 atom stereocenters. The highest BCUT2D eigenvalue weighted by atomic mass is 35.5. The first-order valence-electron chi connectivity index (χ1n) is 6.89. The Labute approximate surface area is 126 Å². The van der Waals surface area contributed by atoms with Gasteiger partial charge in [-0.15, -0.1) is 0 Å². The summed E-state index contributed by atoms with van der Waals surface area (Å²) in [7, 11) is 0. The minimum Gasteiger partial charge on any atom is -0.336 e. The molecule has 112 valence electrons. The first-order chi connectivity index (χ1) is 10.1. The van der Waals surface area contributed by atoms with Crippen LogP contribution < -0.4 is 0 Å². The maximum atomic E-state index is 12.4. The van der Waals surface area contributed by atoms with Crippen molar-refractivity contribution in [2.24, 2.45) is 0 Å². The molecule has 1 aliphatic heterocycles. The number of hydrogen-bond donors (Lipinski definition) is 0. The predicted molar refractivity (Wildman–Crippen MR) is 76.4 cm³/mol. The lowest BCUT2D eigenvalue weighted by atomic mass is 10.2. The van der Waals surface area contributed by atoms with Crippen molar-refractivity contribution in [3.05, 3.63) is 33.1 Å². The maximum Gasteiger partial charge on any atom is 0.288 e. The number of carbonyl (C=O) groups is 1. The number of pyridine rings is 1. The highest BCUT2D eigenvalue weighted by molar-refractivity contribution is 6.32. The second-order valence-electron chi connectivity index (χ2n) is 5.35. The molecule has 0 bridgehead atoms. The Balaban J connectivity index is 1.72. The molecule has 7 nitrogen and oxygen atoms in total. The fourth-order valence-corrected chi connectivity index (χ4v) is 2.77. The minimum absolute atomic E-state index is 0.00947. The van der Waals surface area contributed by atoms with Crippen molar-refractivity contribution < 1.29 is 9.72 Å². The molecular formula is C13H15ClN4O3. The molecule has 2 aliphatic rings. The summed E-state index contributed by atoms with van der Waals surface area (Å²) in [5.74, 6) is -0.286. The average molecular weight is 311 g/mol. The fourth-order valence-electron chi connectivity index (χ4n) is 2.59. The third-order valence-corrected chi connectivity index (χ3v) is 4.23. The van der Waals surface area contributed by atoms with Crippen LogP contribution in [-0.4, -0.2) is 57.8 Å². The van der Waals surface area contributed by atoms with Crippen molar-refractivity contribution >= 4 is 23.2 Å². The van der Waals surface area contributed by atoms with Crippen LogP contribution in [-0.2, 0) is 0 Å². The monoisotopic (exact) mass is 310 g/mol. The van der Waals surface area contributed by atoms with Gasteiger partial charge in [0.25, 0.3) is 11.6 Å². The van der Waals surface area contributed by atoms with Gasteiger partial charge in [0.05, 0.1) is 10.5 Å². The van der Waals surface area contributed by atoms with E-state index in [2.05, 4.69) is 9.88 Å². The Morgan fingerprint density at radius 1 is 1.33 bits per heavy atom. The summed E-state index contributed by atoms with van der Waals surface area (Å²) in [5.41, 5.74) is -0.120. The Morgan fingerprint density at radius 3 is 2.57 bits per heavy atom. The van der Waals surface area contributed by atoms with E-state index in [-0.39, 0.29) is 22.3 Å². The molecule has 1 aliphatic carbocycles. The standard InChI is InChI=1S/C13H15ClN4O3/c14-12-11(7-10(8-15-12)18(20)21)13(19)17-5-3-16(4-6-17)9-1-2-9/h7-9H,1-6H2. The first-order valence-corrected chi connectivity index (χ1v) is 7.27. The van der Waals surface area contributed by atoms with Gasteiger partial charge >= 0.3 is 0 Å². The number of nitro groups is 1. The summed E-state index contributed by atoms with van der Waals surface area (Å²) < 4.78 is 0. The van der Waals surface area contributed by atoms with E-state index in [4.69, 9.17) is 11.6 Å². The number of piperazine rings is 1. The molecule has 8 heteroatoms. The van der Waals surface area contributed by atoms with Crippen molar-refractivity contribution in [1.82, 2.24) is 14.8 Å². The number of nitrogens with zero attached hydrogens (tertiary/aromatic N) is 4. The maximum absolute atomic E-state index is 12.4. The highest BCUT2D eigenvalue weighted by Gasteiger charge is 2.33. The Hall–Kier alpha value is -1.73. The van der Waals surface area contributed by atoms with E-state index < -0.39 is 4.92 Å². The number of halogens is 1. The average Bonchev–Trinajstić information content (AvgIpc) is 3.31. The van der Waals surface area contributed by atoms with Crippen molar-refractivity contribution in [2.45, 2.75) is 18.9 Å². The highest BCUT2D eigenvalue weighted by Crippen LogP contribution is 2.28. The zero-order chi connectivity index (χ0) is 15.0. The normalized spacial score (nSPS) is 19.6. The van der Waals surface area contributed by atoms with Crippen LogP contribution in [0.3, 0.4) is 0 Å². The molecular weight excluding hydrogens is 296 g/mol. The van der Waals surface area contributed by atoms with Crippen molar-refractivity contribution in [2.75, 3.05) is 26.2 Å². The molecule has 3 rings (SSSR count). The van der Waals surface area contributed by atoms with Gasteiger partial charge in [-0.2, -0.15) is 0 Å². The van der Waals surface area contributed by atoms with Crippen LogP contribution in [0.25, 0.3) is 0 Å². The van der Waals surface area contributed by atoms with Crippen LogP contribution in [0.2, 0.25) is 5.15 Å². The van der Waals surface area contributed by atoms with Gasteiger partial charge in [-0.3, -0.25) is 19.8 Å². The van der Waals surface area contributed by atoms with Gasteiger partial charge in [0.1, 0.15) is 11.3 Å². The summed E-state index contributed by atoms with van der Waals surface area (Å²) >= 11 is 5.91. The van der Waals surface area contributed by atoms with E-state index in [1.165, 1.54) is 18.9 Å². The van der Waals surface area contributed by atoms with E-state index in [0.29, 0.717) is 19.1 Å². The lowest BCUT2D eigenvalue weighted by Crippen LogP contribution is -2.49. The van der Waals surface area contributed by atoms with Gasteiger partial charge in [-0.25, -0.2) is 4.98 Å². The van der Waals surface area contributed by atoms with Crippen LogP contribution >= 0.6 is 11.6 Å². The number of aromatic nitrogens is 1. The van der Waals surface area contributed by atoms with E-state index in [0.717, 1.165) is 19.3 Å². The Kier molecular flexibility index (Phi) is 3.77. The van der Waals surface area contributed by atoms with Crippen molar-refractivity contribution in [1.29, 1.82) is 0 Å². The number of hydrogen-bond acceptors (Lipinski definition) is 5. The Bertz CT molecular complexity index is 583. The summed E-state index contributed by atoms with van der Waals surface area (Å²) in [5, 5.41) is 10.8. The molecule has 1 amide bonds. The van der Waals surface area contributed by atoms with Crippen LogP contribution in [0.5, 0.6) is 0 Å². The molecule has 1 saturated carbocycles. The van der Waals surface area contributed by atoms with Crippen molar-refractivity contribution in [3.8, 4) is 0 Å². The largest absolute Gasteiger partial charge is 0.336 e. The zero-order valence-corrected chi connectivity index (χ0v) is 12.1. The summed E-state index contributed by atoms with van der Waals surface area (Å²) in [6.07, 6.45) is 3.55. The molecule has 0 aromatic carbocycles. The second kappa shape index (κ2) is 5.57. The van der Waals surface area contributed by atoms with E-state index in [1.54, 1.807) is 4.90 Å². The van der Waals surface area contributed by atoms with Crippen LogP contribution in [0, 0.1) is 10.1 Å². The lowest BCUT2D eigenvalue weighted by molar-refractivity contribution is -0.385. The second-order valence-corrected chi connectivity index (χ2v) is 5.71. The van der Waals surface area contributed by atoms with E-state index in [9.17, 15) is 14.9 Å². The van der Waals surface area contributed by atoms with Crippen LogP contribution in [0.1, 0.15) is 23.2 Å². The third-order valence-electron chi connectivity index (χ3n) is 3.93. The van der Waals surface area contributed by atoms with Gasteiger partial charge in [-0.1, -0.05) is 11.6 Å². The molecule has 1 aromatic rings. The quantitative estimate of drug-likeness (QED) is 0.481. The van der Waals surface area contributed by atoms with E-state index >= 15 is 0 Å². The summed E-state index contributed by atoms with van der Waals surface area (Å²) in [6.45, 7) is 2.93. The first kappa shape index (κ1) is 14.2. The topological polar surface area (TPSA) is 79.6 Å². The summed E-state index contributed by atoms with van der Waals surface area (Å²) in [6, 6.07) is 1.88.